The van der Waals surface area contributed by atoms with Gasteiger partial charge in [-0.1, -0.05) is 125 Å². The summed E-state index contributed by atoms with van der Waals surface area (Å²) in [5.74, 6) is -3.14. The molecule has 1 saturated heterocycles. The number of aliphatic hydroxyl groups is 1. The number of carbonyl (C=O) groups is 11. The van der Waals surface area contributed by atoms with Crippen LogP contribution in [0.2, 0.25) is 0 Å². The fourth-order valence-electron chi connectivity index (χ4n) is 12.6. The Balaban J connectivity index is 0.000000715. The SMILES string of the molecule is CC(C)C(C)N(C)C(=O)COCCOCCNC(=O)OCc1ccc(NC(=O)[C@H](CCCNC(N)=O)CC(=O)[C@@H](NC(=O)CCCCCC(=O)CN)C(C)C)cc1.CC[C@H](C)[C@@H]([C@@H](CC(=O)N1CCC[C@H]1[C@H](OC)[C@@H](C)C(=O)C[C@H](C)[C@@H](O)c1ccccc1)OC)N(C)C(=O)[C@@H](CC(C)=O)C(C)C. The van der Waals surface area contributed by atoms with E-state index in [2.05, 4.69) is 49.0 Å². The molecule has 1 aliphatic rings. The van der Waals surface area contributed by atoms with Crippen LogP contribution in [0.1, 0.15) is 190 Å². The lowest BCUT2D eigenvalue weighted by molar-refractivity contribution is -0.148. The number of ketones is 4. The number of urea groups is 1. The van der Waals surface area contributed by atoms with Crippen LogP contribution in [0.15, 0.2) is 54.6 Å². The van der Waals surface area contributed by atoms with Crippen LogP contribution in [-0.4, -0.2) is 202 Å². The zero-order valence-electron chi connectivity index (χ0n) is 64.6. The topological polar surface area (TPSA) is 364 Å². The number of benzene rings is 2. The minimum atomic E-state index is -0.798. The third kappa shape index (κ3) is 33.6. The van der Waals surface area contributed by atoms with Gasteiger partial charge in [0.15, 0.2) is 5.78 Å². The summed E-state index contributed by atoms with van der Waals surface area (Å²) in [5.41, 5.74) is 12.4. The van der Waals surface area contributed by atoms with Gasteiger partial charge in [-0.25, -0.2) is 9.59 Å². The maximum atomic E-state index is 14.0. The van der Waals surface area contributed by atoms with Gasteiger partial charge in [0.2, 0.25) is 29.5 Å². The van der Waals surface area contributed by atoms with Crippen molar-refractivity contribution in [2.75, 3.05) is 86.2 Å². The van der Waals surface area contributed by atoms with E-state index in [-0.39, 0.29) is 180 Å². The minimum Gasteiger partial charge on any atom is -0.445 e. The quantitative estimate of drug-likeness (QED) is 0.0305. The van der Waals surface area contributed by atoms with Gasteiger partial charge in [0.05, 0.1) is 69.2 Å². The van der Waals surface area contributed by atoms with Crippen molar-refractivity contribution in [3.8, 4) is 0 Å². The Morgan fingerprint density at radius 2 is 1.35 bits per heavy atom. The van der Waals surface area contributed by atoms with Crippen LogP contribution in [-0.2, 0) is 73.4 Å². The van der Waals surface area contributed by atoms with Gasteiger partial charge in [-0.05, 0) is 105 Å². The number of alkyl carbamates (subject to hydrolysis) is 1. The molecule has 0 spiro atoms. The molecule has 2 aromatic carbocycles. The molecule has 0 bridgehead atoms. The summed E-state index contributed by atoms with van der Waals surface area (Å²) in [7, 11) is 6.67. The molecule has 26 nitrogen and oxygen atoms in total. The fourth-order valence-corrected chi connectivity index (χ4v) is 12.6. The van der Waals surface area contributed by atoms with E-state index in [1.165, 1.54) is 6.92 Å². The molecule has 3 rings (SSSR count). The lowest BCUT2D eigenvalue weighted by Gasteiger charge is -2.40. The van der Waals surface area contributed by atoms with Crippen LogP contribution >= 0.6 is 0 Å². The first kappa shape index (κ1) is 91.9. The van der Waals surface area contributed by atoms with E-state index in [0.717, 1.165) is 24.8 Å². The van der Waals surface area contributed by atoms with E-state index < -0.39 is 60.1 Å². The molecule has 0 aliphatic carbocycles. The lowest BCUT2D eigenvalue weighted by atomic mass is 9.85. The number of nitrogens with two attached hydrogens (primary N) is 2. The second kappa shape index (κ2) is 49.5. The van der Waals surface area contributed by atoms with Crippen molar-refractivity contribution >= 4 is 70.5 Å². The highest BCUT2D eigenvalue weighted by Gasteiger charge is 2.43. The molecule has 0 aromatic heterocycles. The first-order chi connectivity index (χ1) is 48.7. The second-order valence-corrected chi connectivity index (χ2v) is 28.6. The van der Waals surface area contributed by atoms with E-state index >= 15 is 0 Å². The number of primary amides is 1. The third-order valence-corrected chi connectivity index (χ3v) is 19.6. The van der Waals surface area contributed by atoms with Crippen LogP contribution < -0.4 is 32.7 Å². The number of nitrogens with zero attached hydrogens (tertiary/aromatic N) is 3. The van der Waals surface area contributed by atoms with Crippen molar-refractivity contribution in [3.63, 3.8) is 0 Å². The molecule has 26 heteroatoms. The normalized spacial score (nSPS) is 16.1. The second-order valence-electron chi connectivity index (χ2n) is 28.6. The molecule has 9 N–H and O–H groups in total. The zero-order chi connectivity index (χ0) is 77.5. The number of rotatable bonds is 49. The van der Waals surface area contributed by atoms with Gasteiger partial charge in [0.1, 0.15) is 30.6 Å². The number of unbranched alkanes of at least 4 members (excludes halogenated alkanes) is 2. The lowest BCUT2D eigenvalue weighted by Crippen LogP contribution is -2.54. The predicted octanol–water partition coefficient (Wildman–Crippen LogP) is 8.52. The van der Waals surface area contributed by atoms with E-state index in [1.807, 2.05) is 83.7 Å². The van der Waals surface area contributed by atoms with Gasteiger partial charge in [0.25, 0.3) is 0 Å². The fraction of sp³-hybridized carbons (Fsp3) is 0.701. The Kier molecular flexibility index (Phi) is 44.1. The molecule has 1 fully saturated rings. The number of hydrogen-bond acceptors (Lipinski definition) is 18. The molecule has 1 unspecified atom stereocenters. The number of carbonyl (C=O) groups excluding carboxylic acids is 11. The number of likely N-dealkylation sites (N-methyl/N-ethyl adjacent to an activating group) is 2. The summed E-state index contributed by atoms with van der Waals surface area (Å²) >= 11 is 0. The number of nitrogens with one attached hydrogen (secondary N) is 4. The number of Topliss-reactive ketones (excluding diaryl/α,β-unsaturated/α-hetero) is 4. The van der Waals surface area contributed by atoms with E-state index in [9.17, 15) is 57.8 Å². The van der Waals surface area contributed by atoms with Crippen molar-refractivity contribution in [3.05, 3.63) is 65.7 Å². The van der Waals surface area contributed by atoms with Crippen molar-refractivity contribution < 1.29 is 81.5 Å². The minimum absolute atomic E-state index is 0.00340. The number of amides is 8. The average Bonchev–Trinajstić information content (AvgIpc) is 1.79. The third-order valence-electron chi connectivity index (χ3n) is 19.6. The highest BCUT2D eigenvalue weighted by atomic mass is 16.6. The number of ether oxygens (including phenoxy) is 5. The maximum Gasteiger partial charge on any atom is 0.407 e. The summed E-state index contributed by atoms with van der Waals surface area (Å²) in [6.07, 6.45) is 3.31. The molecule has 1 aliphatic heterocycles. The average molecular weight is 1450 g/mol. The molecule has 582 valence electrons. The Hall–Kier alpha value is -7.23. The highest BCUT2D eigenvalue weighted by Crippen LogP contribution is 2.33. The monoisotopic (exact) mass is 1450 g/mol. The molecular formula is C77H127N9O17. The number of likely N-dealkylation sites (tertiary alicyclic amines) is 1. The largest absolute Gasteiger partial charge is 0.445 e. The van der Waals surface area contributed by atoms with Gasteiger partial charge < -0.3 is 81.0 Å². The molecule has 8 amide bonds. The number of anilines is 1. The van der Waals surface area contributed by atoms with Crippen LogP contribution in [0.4, 0.5) is 15.3 Å². The van der Waals surface area contributed by atoms with Gasteiger partial charge >= 0.3 is 12.1 Å². The molecule has 12 atom stereocenters. The van der Waals surface area contributed by atoms with E-state index in [4.69, 9.17) is 35.2 Å². The van der Waals surface area contributed by atoms with Gasteiger partial charge in [0, 0.05) is 110 Å². The maximum absolute atomic E-state index is 14.0. The van der Waals surface area contributed by atoms with Crippen LogP contribution in [0.5, 0.6) is 0 Å². The van der Waals surface area contributed by atoms with E-state index in [0.29, 0.717) is 55.8 Å². The van der Waals surface area contributed by atoms with Gasteiger partial charge in [-0.15, -0.1) is 0 Å². The number of hydrogen-bond donors (Lipinski definition) is 7. The Morgan fingerprint density at radius 1 is 0.699 bits per heavy atom. The zero-order valence-corrected chi connectivity index (χ0v) is 64.6. The first-order valence-corrected chi connectivity index (χ1v) is 36.9. The van der Waals surface area contributed by atoms with Crippen molar-refractivity contribution in [2.24, 2.45) is 58.8 Å². The summed E-state index contributed by atoms with van der Waals surface area (Å²) in [6.45, 7) is 24.6. The highest BCUT2D eigenvalue weighted by molar-refractivity contribution is 5.97. The molecule has 2 aromatic rings. The molecule has 0 radical (unpaired) electrons. The molecular weight excluding hydrogens is 1320 g/mol. The first-order valence-electron chi connectivity index (χ1n) is 36.9. The summed E-state index contributed by atoms with van der Waals surface area (Å²) in [6, 6.07) is 14.0. The van der Waals surface area contributed by atoms with Crippen LogP contribution in [0, 0.1) is 47.3 Å². The van der Waals surface area contributed by atoms with Crippen molar-refractivity contribution in [1.29, 1.82) is 0 Å². The van der Waals surface area contributed by atoms with Gasteiger partial charge in [-0.2, -0.15) is 0 Å². The van der Waals surface area contributed by atoms with Crippen LogP contribution in [0.3, 0.4) is 0 Å². The number of methoxy groups -OCH3 is 2. The molecule has 0 saturated carbocycles. The summed E-state index contributed by atoms with van der Waals surface area (Å²) < 4.78 is 28.0. The van der Waals surface area contributed by atoms with Crippen molar-refractivity contribution in [1.82, 2.24) is 30.7 Å². The number of aliphatic hydroxyl groups excluding tert-OH is 1. The van der Waals surface area contributed by atoms with Gasteiger partial charge in [-0.3, -0.25) is 38.4 Å². The summed E-state index contributed by atoms with van der Waals surface area (Å²) in [4.78, 5) is 145. The Labute approximate surface area is 613 Å². The Morgan fingerprint density at radius 3 is 1.93 bits per heavy atom. The van der Waals surface area contributed by atoms with E-state index in [1.54, 1.807) is 62.4 Å². The van der Waals surface area contributed by atoms with Crippen molar-refractivity contribution in [2.45, 2.75) is 222 Å². The summed E-state index contributed by atoms with van der Waals surface area (Å²) in [5, 5.41) is 21.6. The Bertz CT molecular complexity index is 2920. The standard InChI is InChI=1S/C40H67N7O10.C37H60N2O7/c1-27(2)29(5)47(6)36(51)26-56-22-21-55-20-19-44-40(54)57-25-30-14-16-32(17-15-30)45-38(52)31(11-10-18-43-39(42)53)23-34(49)37(28(3)4)46-35(50)13-9-7-8-12-33(48)24-41;1-11-24(4)34(38(8)37(44)29(23(2)3)21-26(6)40)32(45-9)22-33(42)39-19-15-18-30(39)36(46-10)27(7)31(41)20-25(5)35(43)28-16-13-12-14-17-28/h14-17,27-29,31,37H,7-13,18-26,41H2,1-6H3,(H,44,54)(H,45,52)(H,46,50)(H3,42,43,53);12-14,16-17,23-25,27,29-30,32,34-36,43H,11,15,18-22H2,1-10H3/t29?,31-,37+;24-,25-,27-,29-,30-,32+,34-,35+,36+/m10/s1. The molecule has 1 heterocycles. The smallest absolute Gasteiger partial charge is 0.407 e. The predicted molar refractivity (Wildman–Crippen MR) is 396 cm³/mol. The molecule has 103 heavy (non-hydrogen) atoms. The van der Waals surface area contributed by atoms with Crippen LogP contribution in [0.25, 0.3) is 0 Å².